The van der Waals surface area contributed by atoms with E-state index in [0.29, 0.717) is 5.78 Å². The van der Waals surface area contributed by atoms with Gasteiger partial charge in [0.25, 0.3) is 5.78 Å². The number of nitrogens with zero attached hydrogens (tertiary/aromatic N) is 4. The number of anilines is 1. The minimum absolute atomic E-state index is 0.215. The van der Waals surface area contributed by atoms with Gasteiger partial charge < -0.3 is 5.32 Å². The lowest BCUT2D eigenvalue weighted by Crippen LogP contribution is -2.42. The van der Waals surface area contributed by atoms with E-state index in [1.807, 2.05) is 13.0 Å². The maximum Gasteiger partial charge on any atom is 0.254 e. The summed E-state index contributed by atoms with van der Waals surface area (Å²) >= 11 is 0. The first kappa shape index (κ1) is 9.57. The van der Waals surface area contributed by atoms with Gasteiger partial charge >= 0.3 is 0 Å². The minimum Gasteiger partial charge on any atom is -0.365 e. The van der Waals surface area contributed by atoms with Crippen molar-refractivity contribution < 1.29 is 0 Å². The Labute approximate surface area is 93.9 Å². The normalized spacial score (nSPS) is 18.4. The van der Waals surface area contributed by atoms with Crippen LogP contribution in [0.25, 0.3) is 5.78 Å². The van der Waals surface area contributed by atoms with Crippen molar-refractivity contribution in [1.82, 2.24) is 19.6 Å². The lowest BCUT2D eigenvalue weighted by atomic mass is 9.78. The number of nitrogens with one attached hydrogen (secondary N) is 1. The van der Waals surface area contributed by atoms with E-state index in [0.717, 1.165) is 11.5 Å². The number of fused-ring (bicyclic) bond motifs is 1. The van der Waals surface area contributed by atoms with Crippen molar-refractivity contribution in [2.45, 2.75) is 38.6 Å². The van der Waals surface area contributed by atoms with Gasteiger partial charge in [-0.25, -0.2) is 4.98 Å². The van der Waals surface area contributed by atoms with E-state index in [4.69, 9.17) is 0 Å². The van der Waals surface area contributed by atoms with Gasteiger partial charge in [0.2, 0.25) is 0 Å². The molecule has 0 atom stereocenters. The third kappa shape index (κ3) is 1.43. The molecule has 5 nitrogen and oxygen atoms in total. The Bertz CT molecular complexity index is 526. The maximum absolute atomic E-state index is 4.32. The van der Waals surface area contributed by atoms with E-state index < -0.39 is 0 Å². The van der Waals surface area contributed by atoms with Crippen LogP contribution in [0.3, 0.4) is 0 Å². The smallest absolute Gasteiger partial charge is 0.254 e. The first-order valence-electron chi connectivity index (χ1n) is 5.62. The predicted octanol–water partition coefficient (Wildman–Crippen LogP) is 1.79. The van der Waals surface area contributed by atoms with Crippen LogP contribution >= 0.6 is 0 Å². The van der Waals surface area contributed by atoms with Crippen molar-refractivity contribution in [3.05, 3.63) is 18.1 Å². The molecule has 1 aliphatic carbocycles. The molecule has 5 heteroatoms. The van der Waals surface area contributed by atoms with E-state index in [-0.39, 0.29) is 5.54 Å². The lowest BCUT2D eigenvalue weighted by molar-refractivity contribution is 0.305. The topological polar surface area (TPSA) is 55.1 Å². The molecule has 0 unspecified atom stereocenters. The average Bonchev–Trinajstić information content (AvgIpc) is 2.63. The monoisotopic (exact) mass is 217 g/mol. The SMILES string of the molecule is Cc1cc(NC2(C)CCC2)n2ncnc2n1. The summed E-state index contributed by atoms with van der Waals surface area (Å²) in [7, 11) is 0. The van der Waals surface area contributed by atoms with Crippen molar-refractivity contribution in [2.24, 2.45) is 0 Å². The number of aryl methyl sites for hydroxylation is 1. The molecule has 0 radical (unpaired) electrons. The van der Waals surface area contributed by atoms with Crippen LogP contribution < -0.4 is 5.32 Å². The first-order valence-corrected chi connectivity index (χ1v) is 5.62. The highest BCUT2D eigenvalue weighted by molar-refractivity contribution is 5.46. The van der Waals surface area contributed by atoms with E-state index in [9.17, 15) is 0 Å². The van der Waals surface area contributed by atoms with Gasteiger partial charge in [-0.1, -0.05) is 0 Å². The minimum atomic E-state index is 0.215. The van der Waals surface area contributed by atoms with Crippen LogP contribution in [0.1, 0.15) is 31.9 Å². The van der Waals surface area contributed by atoms with E-state index in [1.165, 1.54) is 25.6 Å². The van der Waals surface area contributed by atoms with E-state index in [2.05, 4.69) is 27.3 Å². The molecule has 2 aromatic rings. The Morgan fingerprint density at radius 2 is 2.25 bits per heavy atom. The Kier molecular flexibility index (Phi) is 1.89. The van der Waals surface area contributed by atoms with Crippen LogP contribution in [0, 0.1) is 6.92 Å². The molecular weight excluding hydrogens is 202 g/mol. The fourth-order valence-corrected chi connectivity index (χ4v) is 2.16. The summed E-state index contributed by atoms with van der Waals surface area (Å²) in [6.07, 6.45) is 5.26. The second kappa shape index (κ2) is 3.17. The van der Waals surface area contributed by atoms with Crippen molar-refractivity contribution in [3.8, 4) is 0 Å². The zero-order valence-corrected chi connectivity index (χ0v) is 9.56. The molecule has 2 aromatic heterocycles. The first-order chi connectivity index (χ1) is 7.66. The number of aromatic nitrogens is 4. The molecule has 1 saturated carbocycles. The van der Waals surface area contributed by atoms with Crippen molar-refractivity contribution in [1.29, 1.82) is 0 Å². The summed E-state index contributed by atoms with van der Waals surface area (Å²) < 4.78 is 1.76. The van der Waals surface area contributed by atoms with E-state index >= 15 is 0 Å². The highest BCUT2D eigenvalue weighted by Crippen LogP contribution is 2.34. The van der Waals surface area contributed by atoms with Crippen molar-refractivity contribution in [3.63, 3.8) is 0 Å². The molecule has 0 aromatic carbocycles. The number of hydrogen-bond donors (Lipinski definition) is 1. The molecule has 0 saturated heterocycles. The summed E-state index contributed by atoms with van der Waals surface area (Å²) in [6, 6.07) is 2.02. The van der Waals surface area contributed by atoms with Gasteiger partial charge in [-0.05, 0) is 33.1 Å². The molecule has 2 heterocycles. The van der Waals surface area contributed by atoms with Gasteiger partial charge in [0.15, 0.2) is 0 Å². The molecule has 16 heavy (non-hydrogen) atoms. The molecule has 0 amide bonds. The second-order valence-corrected chi connectivity index (χ2v) is 4.79. The molecule has 84 valence electrons. The van der Waals surface area contributed by atoms with Gasteiger partial charge in [-0.3, -0.25) is 0 Å². The molecule has 0 bridgehead atoms. The van der Waals surface area contributed by atoms with Crippen LogP contribution in [0.2, 0.25) is 0 Å². The van der Waals surface area contributed by atoms with Crippen molar-refractivity contribution >= 4 is 11.6 Å². The summed E-state index contributed by atoms with van der Waals surface area (Å²) in [5.41, 5.74) is 1.18. The Morgan fingerprint density at radius 1 is 1.44 bits per heavy atom. The average molecular weight is 217 g/mol. The van der Waals surface area contributed by atoms with Gasteiger partial charge in [0.1, 0.15) is 12.1 Å². The van der Waals surface area contributed by atoms with Crippen LogP contribution in [-0.2, 0) is 0 Å². The molecular formula is C11H15N5. The molecule has 1 N–H and O–H groups in total. The third-order valence-electron chi connectivity index (χ3n) is 3.27. The second-order valence-electron chi connectivity index (χ2n) is 4.79. The Hall–Kier alpha value is -1.65. The molecule has 1 aliphatic rings. The van der Waals surface area contributed by atoms with Gasteiger partial charge in [0, 0.05) is 17.3 Å². The van der Waals surface area contributed by atoms with Gasteiger partial charge in [-0.2, -0.15) is 14.6 Å². The summed E-state index contributed by atoms with van der Waals surface area (Å²) in [5.74, 6) is 1.65. The lowest BCUT2D eigenvalue weighted by Gasteiger charge is -2.39. The molecule has 3 rings (SSSR count). The zero-order chi connectivity index (χ0) is 11.2. The number of rotatable bonds is 2. The van der Waals surface area contributed by atoms with Gasteiger partial charge in [-0.15, -0.1) is 0 Å². The quantitative estimate of drug-likeness (QED) is 0.833. The fraction of sp³-hybridized carbons (Fsp3) is 0.545. The van der Waals surface area contributed by atoms with E-state index in [1.54, 1.807) is 4.52 Å². The van der Waals surface area contributed by atoms with Crippen LogP contribution in [0.15, 0.2) is 12.4 Å². The van der Waals surface area contributed by atoms with Crippen LogP contribution in [0.5, 0.6) is 0 Å². The zero-order valence-electron chi connectivity index (χ0n) is 9.56. The molecule has 0 aliphatic heterocycles. The summed E-state index contributed by atoms with van der Waals surface area (Å²) in [6.45, 7) is 4.22. The van der Waals surface area contributed by atoms with Crippen LogP contribution in [0.4, 0.5) is 5.82 Å². The Balaban J connectivity index is 2.04. The summed E-state index contributed by atoms with van der Waals surface area (Å²) in [5, 5.41) is 7.73. The number of hydrogen-bond acceptors (Lipinski definition) is 4. The highest BCUT2D eigenvalue weighted by Gasteiger charge is 2.32. The van der Waals surface area contributed by atoms with Crippen LogP contribution in [-0.4, -0.2) is 25.1 Å². The van der Waals surface area contributed by atoms with Gasteiger partial charge in [0.05, 0.1) is 0 Å². The largest absolute Gasteiger partial charge is 0.365 e. The standard InChI is InChI=1S/C11H15N5/c1-8-6-9(15-11(2)4-3-5-11)16-10(14-8)12-7-13-16/h6-7,15H,3-5H2,1-2H3. The predicted molar refractivity (Wildman–Crippen MR) is 61.4 cm³/mol. The van der Waals surface area contributed by atoms with Crippen molar-refractivity contribution in [2.75, 3.05) is 5.32 Å². The highest BCUT2D eigenvalue weighted by atomic mass is 15.4. The maximum atomic E-state index is 4.32. The molecule has 1 fully saturated rings. The summed E-state index contributed by atoms with van der Waals surface area (Å²) in [4.78, 5) is 8.43. The Morgan fingerprint density at radius 3 is 2.94 bits per heavy atom. The molecule has 0 spiro atoms. The fourth-order valence-electron chi connectivity index (χ4n) is 2.16. The third-order valence-corrected chi connectivity index (χ3v) is 3.27.